The van der Waals surface area contributed by atoms with Gasteiger partial charge in [0.25, 0.3) is 0 Å². The van der Waals surface area contributed by atoms with Crippen LogP contribution in [0.1, 0.15) is 27.2 Å². The number of rotatable bonds is 7. The van der Waals surface area contributed by atoms with E-state index in [4.69, 9.17) is 9.16 Å². The van der Waals surface area contributed by atoms with Crippen LogP contribution in [0.2, 0.25) is 18.1 Å². The van der Waals surface area contributed by atoms with Gasteiger partial charge in [0.15, 0.2) is 8.32 Å². The zero-order valence-electron chi connectivity index (χ0n) is 17.0. The third-order valence-corrected chi connectivity index (χ3v) is 9.82. The molecule has 0 radical (unpaired) electrons. The van der Waals surface area contributed by atoms with Gasteiger partial charge in [0.1, 0.15) is 0 Å². The Balaban J connectivity index is 1.62. The lowest BCUT2D eigenvalue weighted by molar-refractivity contribution is 0.225. The maximum Gasteiger partial charge on any atom is 0.221 e. The van der Waals surface area contributed by atoms with Crippen LogP contribution in [0.5, 0.6) is 5.88 Å². The summed E-state index contributed by atoms with van der Waals surface area (Å²) in [7, 11) is 0.169. The van der Waals surface area contributed by atoms with Crippen molar-refractivity contribution in [2.75, 3.05) is 13.2 Å². The van der Waals surface area contributed by atoms with Gasteiger partial charge in [0.05, 0.1) is 42.0 Å². The summed E-state index contributed by atoms with van der Waals surface area (Å²) >= 11 is 0. The van der Waals surface area contributed by atoms with E-state index in [2.05, 4.69) is 54.1 Å². The molecule has 0 amide bonds. The van der Waals surface area contributed by atoms with E-state index in [-0.39, 0.29) is 5.04 Å². The number of ether oxygens (including phenoxy) is 1. The van der Waals surface area contributed by atoms with Gasteiger partial charge in [0, 0.05) is 25.5 Å². The number of aromatic nitrogens is 5. The van der Waals surface area contributed by atoms with E-state index in [1.165, 1.54) is 0 Å². The first-order valence-corrected chi connectivity index (χ1v) is 12.2. The van der Waals surface area contributed by atoms with Gasteiger partial charge in [-0.3, -0.25) is 10.1 Å². The third kappa shape index (κ3) is 4.22. The Bertz CT molecular complexity index is 910. The summed E-state index contributed by atoms with van der Waals surface area (Å²) in [5.74, 6) is 0.720. The smallest absolute Gasteiger partial charge is 0.221 e. The number of H-pyrrole nitrogens is 1. The zero-order valence-corrected chi connectivity index (χ0v) is 18.0. The van der Waals surface area contributed by atoms with Crippen LogP contribution >= 0.6 is 0 Å². The molecule has 0 unspecified atom stereocenters. The molecule has 3 aromatic rings. The van der Waals surface area contributed by atoms with E-state index in [1.807, 2.05) is 13.1 Å². The number of aryl methyl sites for hydroxylation is 1. The first kappa shape index (κ1) is 19.6. The second kappa shape index (κ2) is 7.44. The lowest BCUT2D eigenvalue weighted by Crippen LogP contribution is -2.41. The van der Waals surface area contributed by atoms with E-state index in [1.54, 1.807) is 23.3 Å². The van der Waals surface area contributed by atoms with E-state index in [0.29, 0.717) is 13.2 Å². The molecule has 0 aliphatic carbocycles. The number of hydrogen-bond donors (Lipinski definition) is 1. The van der Waals surface area contributed by atoms with Crippen LogP contribution in [0.25, 0.3) is 22.2 Å². The van der Waals surface area contributed by atoms with E-state index in [0.717, 1.165) is 34.5 Å². The molecule has 27 heavy (non-hydrogen) atoms. The maximum absolute atomic E-state index is 6.21. The highest BCUT2D eigenvalue weighted by Gasteiger charge is 2.36. The Labute approximate surface area is 161 Å². The average molecular weight is 388 g/mol. The van der Waals surface area contributed by atoms with Crippen LogP contribution in [-0.4, -0.2) is 46.5 Å². The monoisotopic (exact) mass is 387 g/mol. The molecule has 0 fully saturated rings. The summed E-state index contributed by atoms with van der Waals surface area (Å²) in [6, 6.07) is 1.99. The van der Waals surface area contributed by atoms with Gasteiger partial charge in [0.2, 0.25) is 5.88 Å². The molecule has 0 aliphatic rings. The number of fused-ring (bicyclic) bond motifs is 1. The molecule has 146 valence electrons. The molecule has 1 N–H and O–H groups in total. The average Bonchev–Trinajstić information content (AvgIpc) is 3.19. The number of nitrogens with one attached hydrogen (secondary N) is 1. The lowest BCUT2D eigenvalue weighted by Gasteiger charge is -2.36. The van der Waals surface area contributed by atoms with Gasteiger partial charge in [-0.1, -0.05) is 20.8 Å². The van der Waals surface area contributed by atoms with Crippen molar-refractivity contribution in [2.45, 2.75) is 45.3 Å². The van der Waals surface area contributed by atoms with Crippen molar-refractivity contribution in [1.29, 1.82) is 0 Å². The first-order chi connectivity index (χ1) is 12.7. The molecule has 0 spiro atoms. The predicted octanol–water partition coefficient (Wildman–Crippen LogP) is 4.15. The molecule has 0 aliphatic heterocycles. The van der Waals surface area contributed by atoms with Gasteiger partial charge in [-0.2, -0.15) is 10.2 Å². The molecule has 7 nitrogen and oxygen atoms in total. The fraction of sp³-hybridized carbons (Fsp3) is 0.526. The SMILES string of the molecule is Cn1ncc(-c2cc3cn[nH]c3cn2)c1OCCCO[Si](C)(C)C(C)(C)C. The molecule has 3 heterocycles. The van der Waals surface area contributed by atoms with Crippen molar-refractivity contribution in [3.63, 3.8) is 0 Å². The first-order valence-electron chi connectivity index (χ1n) is 9.27. The van der Waals surface area contributed by atoms with Crippen LogP contribution in [-0.2, 0) is 11.5 Å². The van der Waals surface area contributed by atoms with E-state index >= 15 is 0 Å². The Morgan fingerprint density at radius 2 is 1.93 bits per heavy atom. The second-order valence-corrected chi connectivity index (χ2v) is 13.1. The minimum atomic E-state index is -1.71. The Kier molecular flexibility index (Phi) is 5.39. The van der Waals surface area contributed by atoms with Crippen molar-refractivity contribution in [3.8, 4) is 17.1 Å². The highest BCUT2D eigenvalue weighted by molar-refractivity contribution is 6.74. The molecule has 3 aromatic heterocycles. The molecule has 0 aromatic carbocycles. The van der Waals surface area contributed by atoms with Gasteiger partial charge in [-0.05, 0) is 24.2 Å². The van der Waals surface area contributed by atoms with Crippen molar-refractivity contribution >= 4 is 19.2 Å². The minimum Gasteiger partial charge on any atom is -0.477 e. The summed E-state index contributed by atoms with van der Waals surface area (Å²) in [4.78, 5) is 4.50. The molecule has 3 rings (SSSR count). The quantitative estimate of drug-likeness (QED) is 0.487. The van der Waals surface area contributed by atoms with Crippen molar-refractivity contribution in [1.82, 2.24) is 25.0 Å². The van der Waals surface area contributed by atoms with Crippen LogP contribution in [0, 0.1) is 0 Å². The summed E-state index contributed by atoms with van der Waals surface area (Å²) in [5.41, 5.74) is 2.61. The minimum absolute atomic E-state index is 0.223. The van der Waals surface area contributed by atoms with E-state index < -0.39 is 8.32 Å². The van der Waals surface area contributed by atoms with Crippen LogP contribution < -0.4 is 4.74 Å². The zero-order chi connectivity index (χ0) is 19.7. The van der Waals surface area contributed by atoms with Gasteiger partial charge in [-0.15, -0.1) is 0 Å². The number of pyridine rings is 1. The number of nitrogens with zero attached hydrogens (tertiary/aromatic N) is 4. The number of hydrogen-bond acceptors (Lipinski definition) is 5. The third-order valence-electron chi connectivity index (χ3n) is 5.28. The summed E-state index contributed by atoms with van der Waals surface area (Å²) < 4.78 is 14.0. The van der Waals surface area contributed by atoms with E-state index in [9.17, 15) is 0 Å². The maximum atomic E-state index is 6.21. The summed E-state index contributed by atoms with van der Waals surface area (Å²) in [5, 5.41) is 12.5. The van der Waals surface area contributed by atoms with Gasteiger partial charge < -0.3 is 9.16 Å². The van der Waals surface area contributed by atoms with Crippen LogP contribution in [0.15, 0.2) is 24.7 Å². The molecule has 0 saturated carbocycles. The molecular formula is C19H29N5O2Si. The van der Waals surface area contributed by atoms with Crippen molar-refractivity contribution in [2.24, 2.45) is 7.05 Å². The molecule has 0 atom stereocenters. The van der Waals surface area contributed by atoms with Gasteiger partial charge in [-0.25, -0.2) is 4.68 Å². The van der Waals surface area contributed by atoms with Crippen molar-refractivity contribution in [3.05, 3.63) is 24.7 Å². The second-order valence-electron chi connectivity index (χ2n) is 8.32. The summed E-state index contributed by atoms with van der Waals surface area (Å²) in [6.45, 7) is 12.6. The Morgan fingerprint density at radius 3 is 2.67 bits per heavy atom. The topological polar surface area (TPSA) is 77.9 Å². The standard InChI is InChI=1S/C19H29N5O2Si/c1-19(2,3)27(5,6)26-9-7-8-25-18-15(12-22-24(18)4)16-10-14-11-21-23-17(14)13-20-16/h10-13H,7-9H2,1-6H3,(H,21,23). The molecule has 0 bridgehead atoms. The molecule has 8 heteroatoms. The lowest BCUT2D eigenvalue weighted by atomic mass is 10.2. The fourth-order valence-electron chi connectivity index (χ4n) is 2.53. The molecule has 0 saturated heterocycles. The highest BCUT2D eigenvalue weighted by atomic mass is 28.4. The fourth-order valence-corrected chi connectivity index (χ4v) is 3.62. The predicted molar refractivity (Wildman–Crippen MR) is 109 cm³/mol. The van der Waals surface area contributed by atoms with Gasteiger partial charge >= 0.3 is 0 Å². The summed E-state index contributed by atoms with van der Waals surface area (Å²) in [6.07, 6.45) is 6.19. The number of aromatic amines is 1. The largest absolute Gasteiger partial charge is 0.477 e. The highest BCUT2D eigenvalue weighted by Crippen LogP contribution is 2.36. The van der Waals surface area contributed by atoms with Crippen LogP contribution in [0.3, 0.4) is 0 Å². The Morgan fingerprint density at radius 1 is 1.15 bits per heavy atom. The van der Waals surface area contributed by atoms with Crippen molar-refractivity contribution < 1.29 is 9.16 Å². The normalized spacial score (nSPS) is 12.7. The van der Waals surface area contributed by atoms with Crippen LogP contribution in [0.4, 0.5) is 0 Å². The Hall–Kier alpha value is -2.19. The molecular weight excluding hydrogens is 358 g/mol.